The third kappa shape index (κ3) is 3.29. The number of rotatable bonds is 4. The maximum absolute atomic E-state index is 13.2. The molecule has 0 aromatic heterocycles. The zero-order chi connectivity index (χ0) is 14.7. The van der Waals surface area contributed by atoms with E-state index in [0.29, 0.717) is 12.0 Å². The SMILES string of the molecule is CCNC(c1ccc(F)cc1)C1CCOC2(CCCC2)C1. The highest BCUT2D eigenvalue weighted by atomic mass is 19.1. The number of nitrogens with one attached hydrogen (secondary N) is 1. The van der Waals surface area contributed by atoms with E-state index in [1.807, 2.05) is 12.1 Å². The molecule has 1 N–H and O–H groups in total. The van der Waals surface area contributed by atoms with Crippen molar-refractivity contribution in [2.45, 2.75) is 57.1 Å². The zero-order valence-corrected chi connectivity index (χ0v) is 12.9. The molecule has 1 aliphatic carbocycles. The molecule has 116 valence electrons. The summed E-state index contributed by atoms with van der Waals surface area (Å²) in [5, 5.41) is 3.62. The number of hydrogen-bond donors (Lipinski definition) is 1. The molecule has 1 heterocycles. The Balaban J connectivity index is 1.78. The monoisotopic (exact) mass is 291 g/mol. The molecule has 2 atom stereocenters. The first-order valence-electron chi connectivity index (χ1n) is 8.35. The highest BCUT2D eigenvalue weighted by Crippen LogP contribution is 2.45. The Bertz CT molecular complexity index is 453. The van der Waals surface area contributed by atoms with Crippen molar-refractivity contribution in [3.63, 3.8) is 0 Å². The van der Waals surface area contributed by atoms with Gasteiger partial charge in [0.25, 0.3) is 0 Å². The quantitative estimate of drug-likeness (QED) is 0.897. The molecular weight excluding hydrogens is 265 g/mol. The Morgan fingerprint density at radius 3 is 2.67 bits per heavy atom. The average molecular weight is 291 g/mol. The van der Waals surface area contributed by atoms with Crippen LogP contribution in [0.5, 0.6) is 0 Å². The lowest BCUT2D eigenvalue weighted by Crippen LogP contribution is -2.42. The minimum Gasteiger partial charge on any atom is -0.375 e. The first kappa shape index (κ1) is 15.0. The Hall–Kier alpha value is -0.930. The molecular formula is C18H26FNO. The fraction of sp³-hybridized carbons (Fsp3) is 0.667. The third-order valence-corrected chi connectivity index (χ3v) is 5.17. The second-order valence-electron chi connectivity index (χ2n) is 6.58. The largest absolute Gasteiger partial charge is 0.375 e. The molecule has 2 aliphatic rings. The lowest BCUT2D eigenvalue weighted by atomic mass is 9.78. The molecule has 1 saturated heterocycles. The van der Waals surface area contributed by atoms with Crippen LogP contribution in [0.3, 0.4) is 0 Å². The van der Waals surface area contributed by atoms with Crippen LogP contribution in [0.15, 0.2) is 24.3 Å². The van der Waals surface area contributed by atoms with Crippen molar-refractivity contribution in [3.8, 4) is 0 Å². The summed E-state index contributed by atoms with van der Waals surface area (Å²) < 4.78 is 19.3. The molecule has 3 heteroatoms. The van der Waals surface area contributed by atoms with Gasteiger partial charge < -0.3 is 10.1 Å². The van der Waals surface area contributed by atoms with Gasteiger partial charge in [0.2, 0.25) is 0 Å². The summed E-state index contributed by atoms with van der Waals surface area (Å²) in [7, 11) is 0. The van der Waals surface area contributed by atoms with E-state index in [1.165, 1.54) is 31.2 Å². The molecule has 1 saturated carbocycles. The second kappa shape index (κ2) is 6.45. The summed E-state index contributed by atoms with van der Waals surface area (Å²) in [5.41, 5.74) is 1.34. The van der Waals surface area contributed by atoms with Crippen LogP contribution in [-0.4, -0.2) is 18.8 Å². The van der Waals surface area contributed by atoms with Gasteiger partial charge in [0.15, 0.2) is 0 Å². The average Bonchev–Trinajstić information content (AvgIpc) is 2.94. The lowest BCUT2D eigenvalue weighted by Gasteiger charge is -2.41. The summed E-state index contributed by atoms with van der Waals surface area (Å²) in [5.74, 6) is 0.426. The lowest BCUT2D eigenvalue weighted by molar-refractivity contribution is -0.0981. The van der Waals surface area contributed by atoms with Crippen LogP contribution in [0.4, 0.5) is 4.39 Å². The summed E-state index contributed by atoms with van der Waals surface area (Å²) in [6, 6.07) is 7.32. The van der Waals surface area contributed by atoms with Gasteiger partial charge in [-0.05, 0) is 55.8 Å². The van der Waals surface area contributed by atoms with Crippen LogP contribution in [0.2, 0.25) is 0 Å². The van der Waals surface area contributed by atoms with E-state index < -0.39 is 0 Å². The van der Waals surface area contributed by atoms with E-state index >= 15 is 0 Å². The molecule has 2 fully saturated rings. The smallest absolute Gasteiger partial charge is 0.123 e. The van der Waals surface area contributed by atoms with Gasteiger partial charge in [0, 0.05) is 12.6 Å². The summed E-state index contributed by atoms with van der Waals surface area (Å²) in [6.45, 7) is 3.95. The van der Waals surface area contributed by atoms with E-state index in [4.69, 9.17) is 4.74 Å². The van der Waals surface area contributed by atoms with Crippen molar-refractivity contribution in [2.75, 3.05) is 13.2 Å². The normalized spacial score (nSPS) is 26.1. The Morgan fingerprint density at radius 1 is 1.29 bits per heavy atom. The molecule has 2 unspecified atom stereocenters. The van der Waals surface area contributed by atoms with Crippen LogP contribution in [-0.2, 0) is 4.74 Å². The molecule has 1 aliphatic heterocycles. The van der Waals surface area contributed by atoms with Crippen molar-refractivity contribution >= 4 is 0 Å². The van der Waals surface area contributed by atoms with Crippen LogP contribution in [0.1, 0.15) is 57.1 Å². The van der Waals surface area contributed by atoms with E-state index in [2.05, 4.69) is 12.2 Å². The van der Waals surface area contributed by atoms with E-state index in [0.717, 1.165) is 26.0 Å². The first-order chi connectivity index (χ1) is 10.2. The van der Waals surface area contributed by atoms with Gasteiger partial charge >= 0.3 is 0 Å². The molecule has 0 bridgehead atoms. The van der Waals surface area contributed by atoms with Crippen LogP contribution >= 0.6 is 0 Å². The fourth-order valence-electron chi connectivity index (χ4n) is 4.16. The van der Waals surface area contributed by atoms with Crippen molar-refractivity contribution in [1.82, 2.24) is 5.32 Å². The standard InChI is InChI=1S/C18H26FNO/c1-2-20-17(14-5-7-16(19)8-6-14)15-9-12-21-18(13-15)10-3-4-11-18/h5-8,15,17,20H,2-4,9-13H2,1H3. The minimum absolute atomic E-state index is 0.136. The zero-order valence-electron chi connectivity index (χ0n) is 12.9. The van der Waals surface area contributed by atoms with Gasteiger partial charge in [-0.3, -0.25) is 0 Å². The predicted molar refractivity (Wildman–Crippen MR) is 82.7 cm³/mol. The molecule has 1 aromatic carbocycles. The van der Waals surface area contributed by atoms with Gasteiger partial charge in [0.05, 0.1) is 5.60 Å². The summed E-state index contributed by atoms with van der Waals surface area (Å²) >= 11 is 0. The second-order valence-corrected chi connectivity index (χ2v) is 6.58. The van der Waals surface area contributed by atoms with Gasteiger partial charge in [-0.15, -0.1) is 0 Å². The number of benzene rings is 1. The van der Waals surface area contributed by atoms with Gasteiger partial charge in [-0.2, -0.15) is 0 Å². The van der Waals surface area contributed by atoms with Gasteiger partial charge in [0.1, 0.15) is 5.82 Å². The van der Waals surface area contributed by atoms with Crippen LogP contribution in [0, 0.1) is 11.7 Å². The van der Waals surface area contributed by atoms with Gasteiger partial charge in [-0.1, -0.05) is 31.9 Å². The molecule has 0 radical (unpaired) electrons. The first-order valence-corrected chi connectivity index (χ1v) is 8.35. The third-order valence-electron chi connectivity index (χ3n) is 5.17. The Morgan fingerprint density at radius 2 is 2.00 bits per heavy atom. The van der Waals surface area contributed by atoms with Crippen LogP contribution < -0.4 is 5.32 Å². The summed E-state index contributed by atoms with van der Waals surface area (Å²) in [4.78, 5) is 0. The Labute approximate surface area is 127 Å². The topological polar surface area (TPSA) is 21.3 Å². The molecule has 1 spiro atoms. The number of hydrogen-bond acceptors (Lipinski definition) is 2. The highest BCUT2D eigenvalue weighted by Gasteiger charge is 2.42. The number of ether oxygens (including phenoxy) is 1. The number of halogens is 1. The van der Waals surface area contributed by atoms with Crippen molar-refractivity contribution in [1.29, 1.82) is 0 Å². The van der Waals surface area contributed by atoms with Gasteiger partial charge in [-0.25, -0.2) is 4.39 Å². The Kier molecular flexibility index (Phi) is 4.60. The van der Waals surface area contributed by atoms with E-state index in [-0.39, 0.29) is 11.4 Å². The van der Waals surface area contributed by atoms with Crippen molar-refractivity contribution in [3.05, 3.63) is 35.6 Å². The molecule has 1 aromatic rings. The van der Waals surface area contributed by atoms with E-state index in [9.17, 15) is 4.39 Å². The minimum atomic E-state index is -0.159. The highest BCUT2D eigenvalue weighted by molar-refractivity contribution is 5.21. The predicted octanol–water partition coefficient (Wildman–Crippen LogP) is 4.22. The molecule has 21 heavy (non-hydrogen) atoms. The molecule has 2 nitrogen and oxygen atoms in total. The van der Waals surface area contributed by atoms with E-state index in [1.54, 1.807) is 12.1 Å². The molecule has 0 amide bonds. The summed E-state index contributed by atoms with van der Waals surface area (Å²) in [6.07, 6.45) is 7.26. The van der Waals surface area contributed by atoms with Crippen LogP contribution in [0.25, 0.3) is 0 Å². The van der Waals surface area contributed by atoms with Crippen molar-refractivity contribution < 1.29 is 9.13 Å². The molecule has 3 rings (SSSR count). The maximum Gasteiger partial charge on any atom is 0.123 e. The fourth-order valence-corrected chi connectivity index (χ4v) is 4.16. The maximum atomic E-state index is 13.2. The van der Waals surface area contributed by atoms with Crippen molar-refractivity contribution in [2.24, 2.45) is 5.92 Å².